The van der Waals surface area contributed by atoms with Crippen LogP contribution in [0.2, 0.25) is 0 Å². The maximum atomic E-state index is 10.1. The summed E-state index contributed by atoms with van der Waals surface area (Å²) in [6.07, 6.45) is -2.08. The van der Waals surface area contributed by atoms with Crippen LogP contribution in [-0.2, 0) is 4.74 Å². The molecule has 0 spiro atoms. The molecule has 3 heterocycles. The van der Waals surface area contributed by atoms with Crippen molar-refractivity contribution in [3.63, 3.8) is 0 Å². The number of aliphatic hydroxyl groups is 3. The fourth-order valence-corrected chi connectivity index (χ4v) is 2.50. The Kier molecular flexibility index (Phi) is 4.31. The number of imidazole rings is 1. The third-order valence-electron chi connectivity index (χ3n) is 3.64. The summed E-state index contributed by atoms with van der Waals surface area (Å²) in [5.41, 5.74) is 6.40. The summed E-state index contributed by atoms with van der Waals surface area (Å²) in [6.45, 7) is 2.00. The molecule has 10 nitrogen and oxygen atoms in total. The molecule has 1 unspecified atom stereocenters. The van der Waals surface area contributed by atoms with Crippen LogP contribution in [0, 0.1) is 0 Å². The van der Waals surface area contributed by atoms with Gasteiger partial charge >= 0.3 is 0 Å². The molecule has 0 saturated carbocycles. The molecule has 1 aliphatic heterocycles. The second-order valence-electron chi connectivity index (χ2n) is 5.29. The Balaban J connectivity index is 2.01. The third kappa shape index (κ3) is 2.70. The second kappa shape index (κ2) is 6.24. The van der Waals surface area contributed by atoms with Crippen molar-refractivity contribution >= 4 is 17.1 Å². The highest BCUT2D eigenvalue weighted by Gasteiger charge is 2.44. The van der Waals surface area contributed by atoms with Gasteiger partial charge in [-0.15, -0.1) is 0 Å². The maximum absolute atomic E-state index is 10.1. The van der Waals surface area contributed by atoms with Crippen molar-refractivity contribution in [3.05, 3.63) is 6.33 Å². The minimum absolute atomic E-state index is 0.00269. The van der Waals surface area contributed by atoms with Gasteiger partial charge in [0.25, 0.3) is 0 Å². The Morgan fingerprint density at radius 2 is 2.13 bits per heavy atom. The molecule has 10 heteroatoms. The smallest absolute Gasteiger partial charge is 0.247 e. The number of ether oxygens (including phenoxy) is 2. The number of aliphatic hydroxyl groups excluding tert-OH is 3. The molecule has 126 valence electrons. The molecule has 4 atom stereocenters. The molecule has 1 saturated heterocycles. The quantitative estimate of drug-likeness (QED) is 0.532. The fourth-order valence-electron chi connectivity index (χ4n) is 2.50. The van der Waals surface area contributed by atoms with E-state index in [1.165, 1.54) is 10.9 Å². The molecule has 1 aliphatic rings. The highest BCUT2D eigenvalue weighted by atomic mass is 16.6. The minimum atomic E-state index is -1.24. The van der Waals surface area contributed by atoms with Gasteiger partial charge in [-0.1, -0.05) is 6.92 Å². The number of nitrogens with zero attached hydrogens (tertiary/aromatic N) is 4. The third-order valence-corrected chi connectivity index (χ3v) is 3.64. The number of aromatic nitrogens is 4. The number of fused-ring (bicyclic) bond motifs is 1. The van der Waals surface area contributed by atoms with Crippen LogP contribution < -0.4 is 10.5 Å². The van der Waals surface area contributed by atoms with Crippen LogP contribution in [0.25, 0.3) is 11.2 Å². The summed E-state index contributed by atoms with van der Waals surface area (Å²) in [5.74, 6) is 0.247. The average Bonchev–Trinajstić information content (AvgIpc) is 3.07. The van der Waals surface area contributed by atoms with Crippen molar-refractivity contribution in [1.29, 1.82) is 0 Å². The lowest BCUT2D eigenvalue weighted by molar-refractivity contribution is -0.0511. The number of hydrogen-bond donors (Lipinski definition) is 4. The lowest BCUT2D eigenvalue weighted by Gasteiger charge is -2.16. The fraction of sp³-hybridized carbons (Fsp3) is 0.615. The van der Waals surface area contributed by atoms with E-state index in [0.29, 0.717) is 17.8 Å². The van der Waals surface area contributed by atoms with Gasteiger partial charge in [0.15, 0.2) is 17.4 Å². The van der Waals surface area contributed by atoms with Gasteiger partial charge in [-0.05, 0) is 6.42 Å². The zero-order chi connectivity index (χ0) is 16.6. The van der Waals surface area contributed by atoms with Gasteiger partial charge in [0.05, 0.1) is 19.5 Å². The van der Waals surface area contributed by atoms with Gasteiger partial charge in [0, 0.05) is 0 Å². The molecule has 2 aromatic heterocycles. The molecule has 3 rings (SSSR count). The van der Waals surface area contributed by atoms with Gasteiger partial charge in [0.2, 0.25) is 11.8 Å². The molecule has 0 aromatic carbocycles. The van der Waals surface area contributed by atoms with Crippen LogP contribution in [0.1, 0.15) is 19.6 Å². The van der Waals surface area contributed by atoms with E-state index in [-0.39, 0.29) is 11.8 Å². The van der Waals surface area contributed by atoms with E-state index < -0.39 is 31.1 Å². The number of nitrogens with two attached hydrogens (primary N) is 1. The van der Waals surface area contributed by atoms with Gasteiger partial charge < -0.3 is 30.5 Å². The summed E-state index contributed by atoms with van der Waals surface area (Å²) in [5, 5.41) is 29.2. The summed E-state index contributed by atoms with van der Waals surface area (Å²) < 4.78 is 12.4. The van der Waals surface area contributed by atoms with Gasteiger partial charge in [-0.2, -0.15) is 9.97 Å². The Hall–Kier alpha value is -2.01. The molecule has 0 radical (unpaired) electrons. The van der Waals surface area contributed by atoms with E-state index in [1.807, 2.05) is 6.92 Å². The average molecular weight is 325 g/mol. The molecular formula is C13H19N5O5. The summed E-state index contributed by atoms with van der Waals surface area (Å²) in [6, 6.07) is 0. The van der Waals surface area contributed by atoms with E-state index >= 15 is 0 Å². The first kappa shape index (κ1) is 15.9. The van der Waals surface area contributed by atoms with Gasteiger partial charge in [0.1, 0.15) is 18.3 Å². The van der Waals surface area contributed by atoms with E-state index in [4.69, 9.17) is 15.2 Å². The molecule has 0 aliphatic carbocycles. The molecule has 0 amide bonds. The standard InChI is InChI=1S/C13H19N5O5/c1-2-3-22-11-7-10(16-13(14)17-11)18(5-15-7)12-9(21)8(20)6(4-19)23-12/h5-6,8-9,12,19-21H,2-4H2,1H3,(H2,14,16,17)/t6-,8?,9+,12-/m1/s1. The minimum Gasteiger partial charge on any atom is -0.476 e. The summed E-state index contributed by atoms with van der Waals surface area (Å²) in [7, 11) is 0. The van der Waals surface area contributed by atoms with Gasteiger partial charge in [-0.3, -0.25) is 4.57 Å². The molecule has 0 bridgehead atoms. The lowest BCUT2D eigenvalue weighted by atomic mass is 10.1. The zero-order valence-corrected chi connectivity index (χ0v) is 12.5. The number of nitrogen functional groups attached to an aromatic ring is 1. The zero-order valence-electron chi connectivity index (χ0n) is 12.5. The van der Waals surface area contributed by atoms with E-state index in [0.717, 1.165) is 6.42 Å². The Labute approximate surface area is 131 Å². The van der Waals surface area contributed by atoms with Crippen molar-refractivity contribution in [2.24, 2.45) is 0 Å². The first-order valence-electron chi connectivity index (χ1n) is 7.32. The first-order valence-corrected chi connectivity index (χ1v) is 7.32. The van der Waals surface area contributed by atoms with Crippen LogP contribution in [0.3, 0.4) is 0 Å². The monoisotopic (exact) mass is 325 g/mol. The second-order valence-corrected chi connectivity index (χ2v) is 5.29. The van der Waals surface area contributed by atoms with E-state index in [2.05, 4.69) is 15.0 Å². The lowest BCUT2D eigenvalue weighted by Crippen LogP contribution is -2.33. The largest absolute Gasteiger partial charge is 0.476 e. The van der Waals surface area contributed by atoms with Crippen molar-refractivity contribution in [2.75, 3.05) is 18.9 Å². The summed E-state index contributed by atoms with van der Waals surface area (Å²) in [4.78, 5) is 12.3. The predicted molar refractivity (Wildman–Crippen MR) is 78.5 cm³/mol. The Morgan fingerprint density at radius 3 is 2.78 bits per heavy atom. The van der Waals surface area contributed by atoms with E-state index in [9.17, 15) is 15.3 Å². The van der Waals surface area contributed by atoms with E-state index in [1.54, 1.807) is 0 Å². The van der Waals surface area contributed by atoms with Crippen molar-refractivity contribution in [3.8, 4) is 5.88 Å². The number of hydrogen-bond acceptors (Lipinski definition) is 9. The number of rotatable bonds is 5. The van der Waals surface area contributed by atoms with Crippen LogP contribution in [0.4, 0.5) is 5.95 Å². The van der Waals surface area contributed by atoms with Crippen LogP contribution >= 0.6 is 0 Å². The Bertz CT molecular complexity index is 693. The SMILES string of the molecule is CCCOc1nc(N)nc2c1ncn2[C@@H]1O[C@H](CO)C(O)[C@@H]1O. The van der Waals surface area contributed by atoms with Crippen molar-refractivity contribution in [1.82, 2.24) is 19.5 Å². The van der Waals surface area contributed by atoms with Crippen LogP contribution in [0.5, 0.6) is 5.88 Å². The predicted octanol–water partition coefficient (Wildman–Crippen LogP) is -1.19. The Morgan fingerprint density at radius 1 is 1.35 bits per heavy atom. The molecule has 2 aromatic rings. The number of anilines is 1. The normalized spacial score (nSPS) is 27.7. The first-order chi connectivity index (χ1) is 11.1. The summed E-state index contributed by atoms with van der Waals surface area (Å²) >= 11 is 0. The van der Waals surface area contributed by atoms with Crippen LogP contribution in [0.15, 0.2) is 6.33 Å². The van der Waals surface area contributed by atoms with Crippen molar-refractivity contribution in [2.45, 2.75) is 37.9 Å². The highest BCUT2D eigenvalue weighted by molar-refractivity contribution is 5.77. The molecule has 1 fully saturated rings. The maximum Gasteiger partial charge on any atom is 0.247 e. The molecule has 23 heavy (non-hydrogen) atoms. The van der Waals surface area contributed by atoms with Crippen LogP contribution in [-0.4, -0.2) is 66.4 Å². The van der Waals surface area contributed by atoms with Gasteiger partial charge in [-0.25, -0.2) is 4.98 Å². The molecule has 5 N–H and O–H groups in total. The topological polar surface area (TPSA) is 149 Å². The van der Waals surface area contributed by atoms with Crippen molar-refractivity contribution < 1.29 is 24.8 Å². The molecular weight excluding hydrogens is 306 g/mol. The highest BCUT2D eigenvalue weighted by Crippen LogP contribution is 2.32.